The van der Waals surface area contributed by atoms with Crippen molar-refractivity contribution in [1.29, 1.82) is 0 Å². The molecule has 4 nitrogen and oxygen atoms in total. The van der Waals surface area contributed by atoms with E-state index in [1.807, 2.05) is 0 Å². The van der Waals surface area contributed by atoms with Crippen molar-refractivity contribution in [2.45, 2.75) is 19.4 Å². The van der Waals surface area contributed by atoms with Crippen molar-refractivity contribution in [2.75, 3.05) is 13.1 Å². The molecular formula is C15H14ClF4N3O. The number of nitrogens with zero attached hydrogens (tertiary/aromatic N) is 2. The number of hydrogen-bond donors (Lipinski definition) is 1. The fourth-order valence-corrected chi connectivity index (χ4v) is 2.51. The summed E-state index contributed by atoms with van der Waals surface area (Å²) in [6.07, 6.45) is -2.51. The molecule has 0 atom stereocenters. The highest BCUT2D eigenvalue weighted by Crippen LogP contribution is 2.21. The van der Waals surface area contributed by atoms with Gasteiger partial charge in [-0.1, -0.05) is 11.6 Å². The van der Waals surface area contributed by atoms with Crippen LogP contribution < -0.4 is 5.73 Å². The van der Waals surface area contributed by atoms with Crippen LogP contribution in [0.1, 0.15) is 12.0 Å². The normalized spacial score (nSPS) is 16.3. The lowest BCUT2D eigenvalue weighted by atomic mass is 10.1. The minimum atomic E-state index is -2.66. The zero-order valence-electron chi connectivity index (χ0n) is 12.4. The van der Waals surface area contributed by atoms with Crippen LogP contribution in [-0.4, -0.2) is 35.5 Å². The lowest BCUT2D eigenvalue weighted by molar-refractivity contribution is -0.129. The molecule has 0 saturated carbocycles. The summed E-state index contributed by atoms with van der Waals surface area (Å²) in [6, 6.07) is 2.92. The molecule has 1 aromatic rings. The average molecular weight is 364 g/mol. The Hall–Kier alpha value is -2.09. The highest BCUT2D eigenvalue weighted by molar-refractivity contribution is 6.69. The number of benzene rings is 1. The third-order valence-corrected chi connectivity index (χ3v) is 3.83. The van der Waals surface area contributed by atoms with E-state index >= 15 is 0 Å². The summed E-state index contributed by atoms with van der Waals surface area (Å²) in [6.45, 7) is -0.927. The monoisotopic (exact) mass is 363 g/mol. The molecule has 2 rings (SSSR count). The molecule has 0 radical (unpaired) electrons. The van der Waals surface area contributed by atoms with Gasteiger partial charge in [-0.3, -0.25) is 9.79 Å². The third kappa shape index (κ3) is 4.25. The molecule has 0 aromatic heterocycles. The third-order valence-electron chi connectivity index (χ3n) is 3.48. The Labute approximate surface area is 140 Å². The van der Waals surface area contributed by atoms with Gasteiger partial charge in [0.15, 0.2) is 0 Å². The maximum Gasteiger partial charge on any atom is 0.270 e. The van der Waals surface area contributed by atoms with Crippen LogP contribution in [0, 0.1) is 11.6 Å². The van der Waals surface area contributed by atoms with Crippen LogP contribution in [0.4, 0.5) is 17.6 Å². The van der Waals surface area contributed by atoms with Gasteiger partial charge < -0.3 is 10.6 Å². The molecule has 1 amide bonds. The molecule has 1 aromatic carbocycles. The Morgan fingerprint density at radius 3 is 2.75 bits per heavy atom. The van der Waals surface area contributed by atoms with Gasteiger partial charge in [-0.25, -0.2) is 17.6 Å². The van der Waals surface area contributed by atoms with Gasteiger partial charge in [0.1, 0.15) is 22.5 Å². The Morgan fingerprint density at radius 1 is 1.38 bits per heavy atom. The maximum absolute atomic E-state index is 13.5. The SMILES string of the molecule is NC1=C(C(Cl)=NCc2cc(F)ccc2F)CCN(CC(F)F)C1=O. The predicted molar refractivity (Wildman–Crippen MR) is 81.8 cm³/mol. The quantitative estimate of drug-likeness (QED) is 0.646. The van der Waals surface area contributed by atoms with Crippen LogP contribution in [0.5, 0.6) is 0 Å². The maximum atomic E-state index is 13.5. The number of carbonyl (C=O) groups is 1. The van der Waals surface area contributed by atoms with E-state index in [4.69, 9.17) is 17.3 Å². The molecule has 0 fully saturated rings. The standard InChI is InChI=1S/C15H14ClF4N3O/c16-14(22-6-8-5-9(17)1-2-11(8)18)10-3-4-23(7-12(19)20)15(24)13(10)21/h1-2,5,12H,3-4,6-7,21H2. The number of hydrogen-bond acceptors (Lipinski definition) is 3. The molecule has 2 N–H and O–H groups in total. The van der Waals surface area contributed by atoms with E-state index in [0.29, 0.717) is 0 Å². The number of nitrogens with two attached hydrogens (primary N) is 1. The minimum Gasteiger partial charge on any atom is -0.394 e. The zero-order chi connectivity index (χ0) is 17.9. The first-order valence-corrected chi connectivity index (χ1v) is 7.37. The Balaban J connectivity index is 2.16. The molecule has 1 aliphatic rings. The lowest BCUT2D eigenvalue weighted by Gasteiger charge is -2.28. The van der Waals surface area contributed by atoms with Crippen LogP contribution in [0.3, 0.4) is 0 Å². The summed E-state index contributed by atoms with van der Waals surface area (Å²) >= 11 is 5.99. The molecule has 0 spiro atoms. The van der Waals surface area contributed by atoms with Crippen LogP contribution >= 0.6 is 11.6 Å². The largest absolute Gasteiger partial charge is 0.394 e. The summed E-state index contributed by atoms with van der Waals surface area (Å²) < 4.78 is 51.4. The number of halogens is 5. The van der Waals surface area contributed by atoms with Gasteiger partial charge in [0, 0.05) is 17.7 Å². The van der Waals surface area contributed by atoms with Gasteiger partial charge in [0.05, 0.1) is 13.1 Å². The molecule has 9 heteroatoms. The van der Waals surface area contributed by atoms with Crippen LogP contribution in [0.25, 0.3) is 0 Å². The number of rotatable bonds is 5. The van der Waals surface area contributed by atoms with Crippen molar-refractivity contribution < 1.29 is 22.4 Å². The second-order valence-corrected chi connectivity index (χ2v) is 5.49. The van der Waals surface area contributed by atoms with E-state index in [1.54, 1.807) is 0 Å². The van der Waals surface area contributed by atoms with Crippen LogP contribution in [0.15, 0.2) is 34.5 Å². The van der Waals surface area contributed by atoms with Crippen molar-refractivity contribution in [2.24, 2.45) is 10.7 Å². The van der Waals surface area contributed by atoms with Gasteiger partial charge in [-0.05, 0) is 24.6 Å². The smallest absolute Gasteiger partial charge is 0.270 e. The molecule has 1 heterocycles. The van der Waals surface area contributed by atoms with E-state index in [0.717, 1.165) is 23.1 Å². The summed E-state index contributed by atoms with van der Waals surface area (Å²) in [5.74, 6) is -2.01. The Bertz CT molecular complexity index is 706. The number of amides is 1. The van der Waals surface area contributed by atoms with E-state index in [-0.39, 0.29) is 41.5 Å². The summed E-state index contributed by atoms with van der Waals surface area (Å²) in [5.41, 5.74) is 5.59. The molecule has 24 heavy (non-hydrogen) atoms. The fourth-order valence-electron chi connectivity index (χ4n) is 2.25. The van der Waals surface area contributed by atoms with Gasteiger partial charge in [-0.15, -0.1) is 0 Å². The molecule has 0 saturated heterocycles. The molecule has 0 unspecified atom stereocenters. The van der Waals surface area contributed by atoms with Crippen molar-refractivity contribution >= 4 is 22.7 Å². The van der Waals surface area contributed by atoms with Crippen LogP contribution in [-0.2, 0) is 11.3 Å². The second kappa shape index (κ2) is 7.65. The first-order valence-electron chi connectivity index (χ1n) is 7.00. The Morgan fingerprint density at radius 2 is 2.08 bits per heavy atom. The molecular weight excluding hydrogens is 350 g/mol. The van der Waals surface area contributed by atoms with E-state index < -0.39 is 30.5 Å². The van der Waals surface area contributed by atoms with Crippen LogP contribution in [0.2, 0.25) is 0 Å². The highest BCUT2D eigenvalue weighted by Gasteiger charge is 2.28. The van der Waals surface area contributed by atoms with Gasteiger partial charge in [0.25, 0.3) is 12.3 Å². The molecule has 1 aliphatic heterocycles. The lowest BCUT2D eigenvalue weighted by Crippen LogP contribution is -2.43. The second-order valence-electron chi connectivity index (χ2n) is 5.13. The number of aliphatic imine (C=N–C) groups is 1. The van der Waals surface area contributed by atoms with Crippen molar-refractivity contribution in [3.63, 3.8) is 0 Å². The van der Waals surface area contributed by atoms with E-state index in [1.165, 1.54) is 0 Å². The first-order chi connectivity index (χ1) is 11.3. The number of carbonyl (C=O) groups excluding carboxylic acids is 1. The number of alkyl halides is 2. The molecule has 0 bridgehead atoms. The summed E-state index contributed by atoms with van der Waals surface area (Å²) in [7, 11) is 0. The zero-order valence-corrected chi connectivity index (χ0v) is 13.2. The van der Waals surface area contributed by atoms with Crippen molar-refractivity contribution in [1.82, 2.24) is 4.90 Å². The first kappa shape index (κ1) is 18.3. The minimum absolute atomic E-state index is 0.00576. The average Bonchev–Trinajstić information content (AvgIpc) is 2.52. The van der Waals surface area contributed by atoms with E-state index in [9.17, 15) is 22.4 Å². The predicted octanol–water partition coefficient (Wildman–Crippen LogP) is 2.81. The molecule has 130 valence electrons. The topological polar surface area (TPSA) is 58.7 Å². The summed E-state index contributed by atoms with van der Waals surface area (Å²) in [5, 5.41) is -0.124. The highest BCUT2D eigenvalue weighted by atomic mass is 35.5. The van der Waals surface area contributed by atoms with Gasteiger partial charge in [0.2, 0.25) is 0 Å². The van der Waals surface area contributed by atoms with Gasteiger partial charge in [-0.2, -0.15) is 0 Å². The fraction of sp³-hybridized carbons (Fsp3) is 0.333. The van der Waals surface area contributed by atoms with Gasteiger partial charge >= 0.3 is 0 Å². The van der Waals surface area contributed by atoms with E-state index in [2.05, 4.69) is 4.99 Å². The van der Waals surface area contributed by atoms with Crippen molar-refractivity contribution in [3.05, 3.63) is 46.7 Å². The van der Waals surface area contributed by atoms with Crippen molar-refractivity contribution in [3.8, 4) is 0 Å². The Kier molecular flexibility index (Phi) is 5.82. The molecule has 0 aliphatic carbocycles. The summed E-state index contributed by atoms with van der Waals surface area (Å²) in [4.78, 5) is 16.8.